The highest BCUT2D eigenvalue weighted by molar-refractivity contribution is 5.73. The van der Waals surface area contributed by atoms with E-state index in [1.165, 1.54) is 6.92 Å². The largest absolute Gasteiger partial charge is 0.379 e. The van der Waals surface area contributed by atoms with Crippen LogP contribution in [0.1, 0.15) is 20.8 Å². The number of hydrogen-bond donors (Lipinski definition) is 1. The minimum atomic E-state index is 0.0218. The van der Waals surface area contributed by atoms with Crippen molar-refractivity contribution in [2.75, 3.05) is 13.2 Å². The maximum Gasteiger partial charge on any atom is 0.217 e. The smallest absolute Gasteiger partial charge is 0.217 e. The van der Waals surface area contributed by atoms with Gasteiger partial charge in [-0.05, 0) is 0 Å². The molecule has 1 rings (SSSR count). The van der Waals surface area contributed by atoms with Crippen molar-refractivity contribution in [3.8, 4) is 0 Å². The maximum atomic E-state index is 10.7. The Labute approximate surface area is 67.1 Å². The molecule has 1 fully saturated rings. The second-order valence-corrected chi connectivity index (χ2v) is 3.76. The van der Waals surface area contributed by atoms with Crippen LogP contribution >= 0.6 is 0 Å². The Morgan fingerprint density at radius 2 is 2.27 bits per heavy atom. The molecule has 0 saturated carbocycles. The molecule has 3 nitrogen and oxygen atoms in total. The number of carbonyl (C=O) groups is 1. The maximum absolute atomic E-state index is 10.7. The van der Waals surface area contributed by atoms with Crippen molar-refractivity contribution in [3.05, 3.63) is 0 Å². The van der Waals surface area contributed by atoms with Gasteiger partial charge in [0.25, 0.3) is 0 Å². The van der Waals surface area contributed by atoms with Gasteiger partial charge in [-0.2, -0.15) is 0 Å². The van der Waals surface area contributed by atoms with Crippen molar-refractivity contribution in [3.63, 3.8) is 0 Å². The van der Waals surface area contributed by atoms with Crippen molar-refractivity contribution in [2.45, 2.75) is 26.8 Å². The highest BCUT2D eigenvalue weighted by atomic mass is 16.5. The number of rotatable bonds is 1. The van der Waals surface area contributed by atoms with E-state index in [-0.39, 0.29) is 17.4 Å². The lowest BCUT2D eigenvalue weighted by Crippen LogP contribution is -2.43. The fourth-order valence-corrected chi connectivity index (χ4v) is 1.25. The van der Waals surface area contributed by atoms with Gasteiger partial charge in [0.15, 0.2) is 0 Å². The van der Waals surface area contributed by atoms with Crippen LogP contribution in [-0.2, 0) is 9.53 Å². The van der Waals surface area contributed by atoms with Crippen molar-refractivity contribution in [1.82, 2.24) is 5.32 Å². The second kappa shape index (κ2) is 2.81. The minimum absolute atomic E-state index is 0.0218. The Morgan fingerprint density at radius 3 is 2.64 bits per heavy atom. The van der Waals surface area contributed by atoms with Gasteiger partial charge in [-0.25, -0.2) is 0 Å². The zero-order chi connectivity index (χ0) is 8.48. The van der Waals surface area contributed by atoms with Gasteiger partial charge in [-0.15, -0.1) is 0 Å². The predicted octanol–water partition coefficient (Wildman–Crippen LogP) is 0.547. The lowest BCUT2D eigenvalue weighted by Gasteiger charge is -2.24. The summed E-state index contributed by atoms with van der Waals surface area (Å²) in [5.41, 5.74) is 0.0890. The molecule has 1 amide bonds. The Bertz CT molecular complexity index is 165. The van der Waals surface area contributed by atoms with E-state index in [0.717, 1.165) is 6.61 Å². The van der Waals surface area contributed by atoms with E-state index in [1.807, 2.05) is 0 Å². The van der Waals surface area contributed by atoms with Crippen molar-refractivity contribution in [1.29, 1.82) is 0 Å². The molecule has 1 heterocycles. The van der Waals surface area contributed by atoms with Gasteiger partial charge in [-0.3, -0.25) is 4.79 Å². The number of nitrogens with one attached hydrogen (secondary N) is 1. The molecule has 0 aromatic carbocycles. The van der Waals surface area contributed by atoms with Gasteiger partial charge in [0.05, 0.1) is 19.3 Å². The molecule has 0 radical (unpaired) electrons. The first kappa shape index (κ1) is 8.53. The molecule has 64 valence electrons. The zero-order valence-corrected chi connectivity index (χ0v) is 7.31. The lowest BCUT2D eigenvalue weighted by molar-refractivity contribution is -0.120. The normalized spacial score (nSPS) is 28.5. The van der Waals surface area contributed by atoms with Gasteiger partial charge < -0.3 is 10.1 Å². The molecule has 1 unspecified atom stereocenters. The molecule has 1 aliphatic heterocycles. The predicted molar refractivity (Wildman–Crippen MR) is 42.2 cm³/mol. The Morgan fingerprint density at radius 1 is 1.64 bits per heavy atom. The van der Waals surface area contributed by atoms with Crippen LogP contribution in [0.2, 0.25) is 0 Å². The SMILES string of the molecule is CC(=O)NC1COCC1(C)C. The molecule has 1 saturated heterocycles. The van der Waals surface area contributed by atoms with Crippen LogP contribution in [0.3, 0.4) is 0 Å². The molecule has 1 N–H and O–H groups in total. The minimum Gasteiger partial charge on any atom is -0.379 e. The molecule has 0 bridgehead atoms. The Balaban J connectivity index is 2.51. The average Bonchev–Trinajstić information content (AvgIpc) is 2.10. The van der Waals surface area contributed by atoms with Gasteiger partial charge >= 0.3 is 0 Å². The third-order valence-corrected chi connectivity index (χ3v) is 2.08. The van der Waals surface area contributed by atoms with E-state index in [1.54, 1.807) is 0 Å². The number of amides is 1. The molecule has 0 aliphatic carbocycles. The highest BCUT2D eigenvalue weighted by Crippen LogP contribution is 2.26. The third-order valence-electron chi connectivity index (χ3n) is 2.08. The molecule has 3 heteroatoms. The molecule has 0 aromatic rings. The highest BCUT2D eigenvalue weighted by Gasteiger charge is 2.35. The van der Waals surface area contributed by atoms with E-state index in [4.69, 9.17) is 4.74 Å². The first-order valence-electron chi connectivity index (χ1n) is 3.87. The fourth-order valence-electron chi connectivity index (χ4n) is 1.25. The molecule has 0 spiro atoms. The summed E-state index contributed by atoms with van der Waals surface area (Å²) in [5.74, 6) is 0.0218. The van der Waals surface area contributed by atoms with Crippen LogP contribution < -0.4 is 5.32 Å². The third kappa shape index (κ3) is 1.93. The fraction of sp³-hybridized carbons (Fsp3) is 0.875. The van der Waals surface area contributed by atoms with Crippen molar-refractivity contribution < 1.29 is 9.53 Å². The molecular formula is C8H15NO2. The molecular weight excluding hydrogens is 142 g/mol. The first-order chi connectivity index (χ1) is 5.02. The van der Waals surface area contributed by atoms with Crippen LogP contribution in [-0.4, -0.2) is 25.2 Å². The van der Waals surface area contributed by atoms with E-state index < -0.39 is 0 Å². The monoisotopic (exact) mass is 157 g/mol. The van der Waals surface area contributed by atoms with E-state index >= 15 is 0 Å². The first-order valence-corrected chi connectivity index (χ1v) is 3.87. The quantitative estimate of drug-likeness (QED) is 0.603. The average molecular weight is 157 g/mol. The second-order valence-electron chi connectivity index (χ2n) is 3.76. The number of ether oxygens (including phenoxy) is 1. The molecule has 0 aromatic heterocycles. The van der Waals surface area contributed by atoms with Crippen LogP contribution in [0.5, 0.6) is 0 Å². The van der Waals surface area contributed by atoms with Gasteiger partial charge in [0.2, 0.25) is 5.91 Å². The summed E-state index contributed by atoms with van der Waals surface area (Å²) < 4.78 is 5.26. The summed E-state index contributed by atoms with van der Waals surface area (Å²) in [6.07, 6.45) is 0. The van der Waals surface area contributed by atoms with Crippen LogP contribution in [0.4, 0.5) is 0 Å². The summed E-state index contributed by atoms with van der Waals surface area (Å²) in [5, 5.41) is 2.87. The topological polar surface area (TPSA) is 38.3 Å². The van der Waals surface area contributed by atoms with Crippen LogP contribution in [0.15, 0.2) is 0 Å². The summed E-state index contributed by atoms with van der Waals surface area (Å²) in [7, 11) is 0. The molecule has 1 atom stereocenters. The molecule has 11 heavy (non-hydrogen) atoms. The van der Waals surface area contributed by atoms with E-state index in [2.05, 4.69) is 19.2 Å². The Kier molecular flexibility index (Phi) is 2.18. The van der Waals surface area contributed by atoms with Crippen molar-refractivity contribution in [2.24, 2.45) is 5.41 Å². The number of carbonyl (C=O) groups excluding carboxylic acids is 1. The van der Waals surface area contributed by atoms with E-state index in [0.29, 0.717) is 6.61 Å². The molecule has 1 aliphatic rings. The van der Waals surface area contributed by atoms with Crippen molar-refractivity contribution >= 4 is 5.91 Å². The number of hydrogen-bond acceptors (Lipinski definition) is 2. The summed E-state index contributed by atoms with van der Waals surface area (Å²) in [4.78, 5) is 10.7. The van der Waals surface area contributed by atoms with Crippen LogP contribution in [0, 0.1) is 5.41 Å². The summed E-state index contributed by atoms with van der Waals surface area (Å²) >= 11 is 0. The van der Waals surface area contributed by atoms with Gasteiger partial charge in [0, 0.05) is 12.3 Å². The van der Waals surface area contributed by atoms with Gasteiger partial charge in [0.1, 0.15) is 0 Å². The Hall–Kier alpha value is -0.570. The van der Waals surface area contributed by atoms with Gasteiger partial charge in [-0.1, -0.05) is 13.8 Å². The lowest BCUT2D eigenvalue weighted by atomic mass is 9.88. The van der Waals surface area contributed by atoms with E-state index in [9.17, 15) is 4.79 Å². The van der Waals surface area contributed by atoms with Crippen LogP contribution in [0.25, 0.3) is 0 Å². The summed E-state index contributed by atoms with van der Waals surface area (Å²) in [6.45, 7) is 7.11. The standard InChI is InChI=1S/C8H15NO2/c1-6(10)9-7-4-11-5-8(7,2)3/h7H,4-5H2,1-3H3,(H,9,10). The summed E-state index contributed by atoms with van der Waals surface area (Å²) in [6, 6.07) is 0.181. The zero-order valence-electron chi connectivity index (χ0n) is 7.31.